The largest absolute Gasteiger partial charge is 0.388 e. The molecule has 0 saturated carbocycles. The first-order valence-corrected chi connectivity index (χ1v) is 6.49. The monoisotopic (exact) mass is 253 g/mol. The van der Waals surface area contributed by atoms with E-state index in [2.05, 4.69) is 5.32 Å². The van der Waals surface area contributed by atoms with Gasteiger partial charge < -0.3 is 10.4 Å². The minimum absolute atomic E-state index is 0.176. The van der Waals surface area contributed by atoms with Gasteiger partial charge in [0, 0.05) is 22.4 Å². The van der Waals surface area contributed by atoms with Crippen LogP contribution in [0.5, 0.6) is 0 Å². The highest BCUT2D eigenvalue weighted by atomic mass is 32.1. The van der Waals surface area contributed by atoms with E-state index in [0.717, 1.165) is 4.88 Å². The van der Waals surface area contributed by atoms with Gasteiger partial charge in [0.05, 0.1) is 5.60 Å². The standard InChI is InChI=1S/C13H19NO2S/c1-4-13(3,16)9-14-12(15)8-7-11-6-5-10(2)17-11/h5-8,16H,4,9H2,1-3H3,(H,14,15). The Morgan fingerprint density at radius 3 is 2.82 bits per heavy atom. The van der Waals surface area contributed by atoms with Crippen molar-refractivity contribution in [2.75, 3.05) is 6.54 Å². The van der Waals surface area contributed by atoms with Crippen molar-refractivity contribution in [3.8, 4) is 0 Å². The van der Waals surface area contributed by atoms with E-state index >= 15 is 0 Å². The molecular formula is C13H19NO2S. The van der Waals surface area contributed by atoms with Crippen molar-refractivity contribution in [3.63, 3.8) is 0 Å². The summed E-state index contributed by atoms with van der Waals surface area (Å²) in [6.45, 7) is 5.90. The summed E-state index contributed by atoms with van der Waals surface area (Å²) < 4.78 is 0. The quantitative estimate of drug-likeness (QED) is 0.791. The number of carbonyl (C=O) groups excluding carboxylic acids is 1. The van der Waals surface area contributed by atoms with Gasteiger partial charge in [0.15, 0.2) is 0 Å². The topological polar surface area (TPSA) is 49.3 Å². The SMILES string of the molecule is CCC(C)(O)CNC(=O)C=Cc1ccc(C)s1. The molecule has 0 spiro atoms. The Bertz CT molecular complexity index is 407. The molecule has 0 aliphatic heterocycles. The molecule has 17 heavy (non-hydrogen) atoms. The van der Waals surface area contributed by atoms with Crippen LogP contribution in [0.25, 0.3) is 6.08 Å². The molecule has 0 bridgehead atoms. The van der Waals surface area contributed by atoms with Crippen molar-refractivity contribution in [3.05, 3.63) is 28.0 Å². The Kier molecular flexibility index (Phi) is 4.90. The van der Waals surface area contributed by atoms with Crippen molar-refractivity contribution in [2.24, 2.45) is 0 Å². The molecule has 1 heterocycles. The number of hydrogen-bond donors (Lipinski definition) is 2. The molecular weight excluding hydrogens is 234 g/mol. The molecule has 1 aromatic heterocycles. The van der Waals surface area contributed by atoms with Gasteiger partial charge in [-0.15, -0.1) is 11.3 Å². The minimum Gasteiger partial charge on any atom is -0.388 e. The van der Waals surface area contributed by atoms with Crippen LogP contribution in [0.4, 0.5) is 0 Å². The minimum atomic E-state index is -0.830. The number of amides is 1. The highest BCUT2D eigenvalue weighted by molar-refractivity contribution is 7.12. The molecule has 3 nitrogen and oxygen atoms in total. The maximum absolute atomic E-state index is 11.5. The molecule has 4 heteroatoms. The summed E-state index contributed by atoms with van der Waals surface area (Å²) in [5.41, 5.74) is -0.830. The molecule has 1 rings (SSSR count). The molecule has 1 amide bonds. The predicted octanol–water partition coefficient (Wildman–Crippen LogP) is 2.35. The van der Waals surface area contributed by atoms with E-state index in [1.54, 1.807) is 24.3 Å². The Morgan fingerprint density at radius 2 is 2.29 bits per heavy atom. The van der Waals surface area contributed by atoms with E-state index in [1.165, 1.54) is 11.0 Å². The Morgan fingerprint density at radius 1 is 1.59 bits per heavy atom. The summed E-state index contributed by atoms with van der Waals surface area (Å²) in [4.78, 5) is 13.8. The molecule has 0 aliphatic rings. The van der Waals surface area contributed by atoms with E-state index in [4.69, 9.17) is 0 Å². The zero-order valence-corrected chi connectivity index (χ0v) is 11.3. The lowest BCUT2D eigenvalue weighted by atomic mass is 10.0. The van der Waals surface area contributed by atoms with Crippen molar-refractivity contribution in [1.82, 2.24) is 5.32 Å². The maximum atomic E-state index is 11.5. The number of hydrogen-bond acceptors (Lipinski definition) is 3. The second-order valence-electron chi connectivity index (χ2n) is 4.35. The molecule has 0 saturated heterocycles. The van der Waals surface area contributed by atoms with Crippen molar-refractivity contribution >= 4 is 23.3 Å². The second kappa shape index (κ2) is 5.98. The fourth-order valence-electron chi connectivity index (χ4n) is 1.16. The van der Waals surface area contributed by atoms with Gasteiger partial charge in [-0.25, -0.2) is 0 Å². The van der Waals surface area contributed by atoms with E-state index in [1.807, 2.05) is 26.0 Å². The third-order valence-corrected chi connectivity index (χ3v) is 3.53. The molecule has 94 valence electrons. The summed E-state index contributed by atoms with van der Waals surface area (Å²) in [5, 5.41) is 12.4. The van der Waals surface area contributed by atoms with Gasteiger partial charge >= 0.3 is 0 Å². The zero-order chi connectivity index (χ0) is 12.9. The lowest BCUT2D eigenvalue weighted by Crippen LogP contribution is -2.39. The number of rotatable bonds is 5. The van der Waals surface area contributed by atoms with Crippen LogP contribution in [-0.2, 0) is 4.79 Å². The highest BCUT2D eigenvalue weighted by Crippen LogP contribution is 2.16. The van der Waals surface area contributed by atoms with E-state index in [9.17, 15) is 9.90 Å². The second-order valence-corrected chi connectivity index (χ2v) is 5.67. The van der Waals surface area contributed by atoms with Crippen LogP contribution in [0, 0.1) is 6.92 Å². The molecule has 0 fully saturated rings. The van der Waals surface area contributed by atoms with Gasteiger partial charge in [-0.1, -0.05) is 6.92 Å². The fourth-order valence-corrected chi connectivity index (χ4v) is 1.94. The van der Waals surface area contributed by atoms with Crippen molar-refractivity contribution in [2.45, 2.75) is 32.8 Å². The third-order valence-electron chi connectivity index (χ3n) is 2.57. The maximum Gasteiger partial charge on any atom is 0.244 e. The summed E-state index contributed by atoms with van der Waals surface area (Å²) in [7, 11) is 0. The third kappa shape index (κ3) is 5.15. The van der Waals surface area contributed by atoms with Crippen LogP contribution in [0.2, 0.25) is 0 Å². The van der Waals surface area contributed by atoms with Gasteiger partial charge in [-0.05, 0) is 38.5 Å². The summed E-state index contributed by atoms with van der Waals surface area (Å²) >= 11 is 1.64. The van der Waals surface area contributed by atoms with Crippen LogP contribution in [-0.4, -0.2) is 23.2 Å². The van der Waals surface area contributed by atoms with E-state index in [-0.39, 0.29) is 12.5 Å². The first-order chi connectivity index (χ1) is 7.93. The van der Waals surface area contributed by atoms with E-state index < -0.39 is 5.60 Å². The molecule has 0 aromatic carbocycles. The summed E-state index contributed by atoms with van der Waals surface area (Å²) in [6, 6.07) is 4.00. The van der Waals surface area contributed by atoms with Crippen LogP contribution >= 0.6 is 11.3 Å². The average Bonchev–Trinajstić information content (AvgIpc) is 2.70. The Hall–Kier alpha value is -1.13. The molecule has 1 atom stereocenters. The molecule has 2 N–H and O–H groups in total. The smallest absolute Gasteiger partial charge is 0.244 e. The fraction of sp³-hybridized carbons (Fsp3) is 0.462. The molecule has 0 aliphatic carbocycles. The number of carbonyl (C=O) groups is 1. The lowest BCUT2D eigenvalue weighted by molar-refractivity contribution is -0.117. The number of thiophene rings is 1. The molecule has 1 aromatic rings. The van der Waals surface area contributed by atoms with Crippen molar-refractivity contribution < 1.29 is 9.90 Å². The van der Waals surface area contributed by atoms with Crippen LogP contribution in [0.3, 0.4) is 0 Å². The number of nitrogens with one attached hydrogen (secondary N) is 1. The van der Waals surface area contributed by atoms with Gasteiger partial charge in [-0.3, -0.25) is 4.79 Å². The Labute approximate surface area is 106 Å². The number of aryl methyl sites for hydroxylation is 1. The van der Waals surface area contributed by atoms with Gasteiger partial charge in [0.2, 0.25) is 5.91 Å². The molecule has 0 radical (unpaired) electrons. The van der Waals surface area contributed by atoms with Crippen LogP contribution < -0.4 is 5.32 Å². The normalized spacial score (nSPS) is 14.8. The predicted molar refractivity (Wildman–Crippen MR) is 72.0 cm³/mol. The average molecular weight is 253 g/mol. The highest BCUT2D eigenvalue weighted by Gasteiger charge is 2.17. The Balaban J connectivity index is 2.42. The van der Waals surface area contributed by atoms with Gasteiger partial charge in [0.25, 0.3) is 0 Å². The van der Waals surface area contributed by atoms with E-state index in [0.29, 0.717) is 6.42 Å². The first-order valence-electron chi connectivity index (χ1n) is 5.68. The van der Waals surface area contributed by atoms with Crippen molar-refractivity contribution in [1.29, 1.82) is 0 Å². The number of aliphatic hydroxyl groups is 1. The zero-order valence-electron chi connectivity index (χ0n) is 10.5. The van der Waals surface area contributed by atoms with Gasteiger partial charge in [-0.2, -0.15) is 0 Å². The first kappa shape index (κ1) is 13.9. The van der Waals surface area contributed by atoms with Crippen LogP contribution in [0.1, 0.15) is 30.0 Å². The lowest BCUT2D eigenvalue weighted by Gasteiger charge is -2.20. The summed E-state index contributed by atoms with van der Waals surface area (Å²) in [6.07, 6.45) is 3.89. The van der Waals surface area contributed by atoms with Crippen LogP contribution in [0.15, 0.2) is 18.2 Å². The summed E-state index contributed by atoms with van der Waals surface area (Å²) in [5.74, 6) is -0.176. The van der Waals surface area contributed by atoms with Gasteiger partial charge in [0.1, 0.15) is 0 Å². The molecule has 1 unspecified atom stereocenters.